The molecule has 0 saturated heterocycles. The van der Waals surface area contributed by atoms with E-state index in [9.17, 15) is 0 Å². The SMILES string of the molecule is CC1(C)c2ccc(-c3cc4ccccc4c4c3oc3cc5c(cc34)-c3ccccc3C5(C)C)cc2-c2ccc(-c3c4ccccc4c(-c4ccccc4)c4ccccc34)cc21. The maximum atomic E-state index is 7.06. The normalized spacial score (nSPS) is 14.5. The summed E-state index contributed by atoms with van der Waals surface area (Å²) >= 11 is 0. The van der Waals surface area contributed by atoms with Gasteiger partial charge in [0.2, 0.25) is 0 Å². The Balaban J connectivity index is 1.00. The average molecular weight is 779 g/mol. The molecule has 1 heteroatoms. The summed E-state index contributed by atoms with van der Waals surface area (Å²) in [4.78, 5) is 0. The smallest absolute Gasteiger partial charge is 0.143 e. The summed E-state index contributed by atoms with van der Waals surface area (Å²) in [5.74, 6) is 0. The second-order valence-corrected chi connectivity index (χ2v) is 18.4. The maximum absolute atomic E-state index is 7.06. The van der Waals surface area contributed by atoms with Gasteiger partial charge in [-0.2, -0.15) is 0 Å². The van der Waals surface area contributed by atoms with Crippen molar-refractivity contribution in [1.82, 2.24) is 0 Å². The summed E-state index contributed by atoms with van der Waals surface area (Å²) in [6.45, 7) is 9.46. The van der Waals surface area contributed by atoms with Gasteiger partial charge in [0.05, 0.1) is 0 Å². The molecule has 0 bridgehead atoms. The van der Waals surface area contributed by atoms with E-state index in [2.05, 4.69) is 210 Å². The third-order valence-electron chi connectivity index (χ3n) is 14.4. The maximum Gasteiger partial charge on any atom is 0.143 e. The topological polar surface area (TPSA) is 13.1 Å². The van der Waals surface area contributed by atoms with Crippen LogP contribution >= 0.6 is 0 Å². The third kappa shape index (κ3) is 4.67. The van der Waals surface area contributed by atoms with E-state index in [1.54, 1.807) is 0 Å². The molecule has 13 rings (SSSR count). The minimum absolute atomic E-state index is 0.101. The quantitative estimate of drug-likeness (QED) is 0.163. The first-order chi connectivity index (χ1) is 29.8. The average Bonchev–Trinajstić information content (AvgIpc) is 3.86. The summed E-state index contributed by atoms with van der Waals surface area (Å²) < 4.78 is 7.06. The Kier molecular flexibility index (Phi) is 6.91. The number of hydrogen-bond donors (Lipinski definition) is 0. The molecule has 2 aliphatic carbocycles. The molecular formula is C60H42O. The largest absolute Gasteiger partial charge is 0.455 e. The van der Waals surface area contributed by atoms with Gasteiger partial charge in [0, 0.05) is 27.2 Å². The van der Waals surface area contributed by atoms with Gasteiger partial charge in [-0.1, -0.05) is 179 Å². The Bertz CT molecular complexity index is 3630. The van der Waals surface area contributed by atoms with E-state index >= 15 is 0 Å². The molecule has 288 valence electrons. The standard InChI is InChI=1S/C60H42O/c1-59(2)50-25-15-14-20-40(50)48-33-49-54(34-53(48)59)61-58-46(30-36-18-8-9-19-39(36)57(49)58)37-27-29-51-47(31-37)41-28-26-38(32-52(41)60(51,3)4)56-44-23-12-10-21-42(44)55(35-16-6-5-7-17-35)43-22-11-13-24-45(43)56/h5-34H,1-4H3. The van der Waals surface area contributed by atoms with Crippen molar-refractivity contribution in [2.45, 2.75) is 38.5 Å². The van der Waals surface area contributed by atoms with Crippen molar-refractivity contribution in [2.75, 3.05) is 0 Å². The van der Waals surface area contributed by atoms with Crippen LogP contribution in [0.3, 0.4) is 0 Å². The lowest BCUT2D eigenvalue weighted by atomic mass is 9.80. The molecule has 0 amide bonds. The van der Waals surface area contributed by atoms with Gasteiger partial charge in [-0.05, 0) is 135 Å². The Hall–Kier alpha value is -7.22. The van der Waals surface area contributed by atoms with Crippen LogP contribution in [0, 0.1) is 0 Å². The Morgan fingerprint density at radius 1 is 0.328 bits per heavy atom. The lowest BCUT2D eigenvalue weighted by Gasteiger charge is -2.23. The molecular weight excluding hydrogens is 737 g/mol. The molecule has 10 aromatic carbocycles. The highest BCUT2D eigenvalue weighted by Gasteiger charge is 2.38. The van der Waals surface area contributed by atoms with E-state index in [4.69, 9.17) is 4.42 Å². The van der Waals surface area contributed by atoms with E-state index in [1.165, 1.54) is 115 Å². The van der Waals surface area contributed by atoms with E-state index in [1.807, 2.05) is 0 Å². The zero-order chi connectivity index (χ0) is 40.8. The van der Waals surface area contributed by atoms with Crippen molar-refractivity contribution in [3.05, 3.63) is 204 Å². The van der Waals surface area contributed by atoms with Gasteiger partial charge < -0.3 is 4.42 Å². The fraction of sp³-hybridized carbons (Fsp3) is 0.100. The van der Waals surface area contributed by atoms with Gasteiger partial charge in [-0.25, -0.2) is 0 Å². The predicted octanol–water partition coefficient (Wildman–Crippen LogP) is 16.7. The minimum Gasteiger partial charge on any atom is -0.455 e. The fourth-order valence-electron chi connectivity index (χ4n) is 11.5. The second kappa shape index (κ2) is 12.2. The molecule has 0 unspecified atom stereocenters. The van der Waals surface area contributed by atoms with Crippen LogP contribution in [0.5, 0.6) is 0 Å². The number of fused-ring (bicyclic) bond motifs is 13. The van der Waals surface area contributed by atoms with Crippen molar-refractivity contribution in [2.24, 2.45) is 0 Å². The van der Waals surface area contributed by atoms with Gasteiger partial charge in [0.15, 0.2) is 0 Å². The van der Waals surface area contributed by atoms with Crippen molar-refractivity contribution < 1.29 is 4.42 Å². The molecule has 0 aliphatic heterocycles. The lowest BCUT2D eigenvalue weighted by Crippen LogP contribution is -2.15. The van der Waals surface area contributed by atoms with Crippen LogP contribution in [0.15, 0.2) is 186 Å². The first-order valence-corrected chi connectivity index (χ1v) is 21.6. The Morgan fingerprint density at radius 2 is 0.869 bits per heavy atom. The van der Waals surface area contributed by atoms with Crippen LogP contribution in [0.4, 0.5) is 0 Å². The molecule has 11 aromatic rings. The zero-order valence-corrected chi connectivity index (χ0v) is 34.7. The minimum atomic E-state index is -0.184. The van der Waals surface area contributed by atoms with Crippen LogP contribution in [0.25, 0.3) is 110 Å². The highest BCUT2D eigenvalue weighted by atomic mass is 16.3. The molecule has 61 heavy (non-hydrogen) atoms. The van der Waals surface area contributed by atoms with Crippen LogP contribution in [0.2, 0.25) is 0 Å². The van der Waals surface area contributed by atoms with Gasteiger partial charge in [0.1, 0.15) is 11.2 Å². The summed E-state index contributed by atoms with van der Waals surface area (Å²) in [6, 6.07) is 67.9. The molecule has 2 aliphatic rings. The molecule has 0 radical (unpaired) electrons. The molecule has 1 heterocycles. The van der Waals surface area contributed by atoms with Crippen LogP contribution in [-0.2, 0) is 10.8 Å². The van der Waals surface area contributed by atoms with Crippen molar-refractivity contribution in [1.29, 1.82) is 0 Å². The predicted molar refractivity (Wildman–Crippen MR) is 258 cm³/mol. The van der Waals surface area contributed by atoms with E-state index in [0.29, 0.717) is 0 Å². The number of rotatable bonds is 3. The summed E-state index contributed by atoms with van der Waals surface area (Å²) in [5.41, 5.74) is 19.7. The Labute approximate surface area is 355 Å². The first-order valence-electron chi connectivity index (χ1n) is 21.6. The highest BCUT2D eigenvalue weighted by molar-refractivity contribution is 6.24. The molecule has 0 atom stereocenters. The lowest BCUT2D eigenvalue weighted by molar-refractivity contribution is 0.648. The van der Waals surface area contributed by atoms with Crippen molar-refractivity contribution >= 4 is 54.3 Å². The van der Waals surface area contributed by atoms with Gasteiger partial charge in [-0.15, -0.1) is 0 Å². The summed E-state index contributed by atoms with van der Waals surface area (Å²) in [6.07, 6.45) is 0. The van der Waals surface area contributed by atoms with Gasteiger partial charge in [0.25, 0.3) is 0 Å². The third-order valence-corrected chi connectivity index (χ3v) is 14.4. The zero-order valence-electron chi connectivity index (χ0n) is 34.7. The molecule has 1 aromatic heterocycles. The van der Waals surface area contributed by atoms with E-state index in [-0.39, 0.29) is 10.8 Å². The first kappa shape index (κ1) is 34.6. The van der Waals surface area contributed by atoms with Crippen LogP contribution in [-0.4, -0.2) is 0 Å². The van der Waals surface area contributed by atoms with E-state index in [0.717, 1.165) is 16.7 Å². The van der Waals surface area contributed by atoms with Crippen LogP contribution < -0.4 is 0 Å². The number of furan rings is 1. The van der Waals surface area contributed by atoms with Crippen molar-refractivity contribution in [3.8, 4) is 55.6 Å². The van der Waals surface area contributed by atoms with Crippen LogP contribution in [0.1, 0.15) is 49.9 Å². The molecule has 0 N–H and O–H groups in total. The van der Waals surface area contributed by atoms with E-state index < -0.39 is 0 Å². The molecule has 0 spiro atoms. The monoisotopic (exact) mass is 778 g/mol. The highest BCUT2D eigenvalue weighted by Crippen LogP contribution is 2.55. The Morgan fingerprint density at radius 3 is 1.59 bits per heavy atom. The number of hydrogen-bond acceptors (Lipinski definition) is 1. The molecule has 0 fully saturated rings. The molecule has 1 nitrogen and oxygen atoms in total. The summed E-state index contributed by atoms with van der Waals surface area (Å²) in [7, 11) is 0. The van der Waals surface area contributed by atoms with Gasteiger partial charge >= 0.3 is 0 Å². The fourth-order valence-corrected chi connectivity index (χ4v) is 11.5. The van der Waals surface area contributed by atoms with Gasteiger partial charge in [-0.3, -0.25) is 0 Å². The second-order valence-electron chi connectivity index (χ2n) is 18.4. The number of benzene rings is 10. The molecule has 0 saturated carbocycles. The summed E-state index contributed by atoms with van der Waals surface area (Å²) in [5, 5.41) is 9.92. The van der Waals surface area contributed by atoms with Crippen molar-refractivity contribution in [3.63, 3.8) is 0 Å².